The maximum Gasteiger partial charge on any atom is 0.356 e. The summed E-state index contributed by atoms with van der Waals surface area (Å²) < 4.78 is 16.5. The number of amides is 2. The Morgan fingerprint density at radius 3 is 2.29 bits per heavy atom. The highest BCUT2D eigenvalue weighted by molar-refractivity contribution is 8.00. The zero-order chi connectivity index (χ0) is 29.6. The van der Waals surface area contributed by atoms with Crippen molar-refractivity contribution in [2.45, 2.75) is 24.4 Å². The van der Waals surface area contributed by atoms with E-state index in [4.69, 9.17) is 18.7 Å². The zero-order valence-corrected chi connectivity index (χ0v) is 23.5. The quantitative estimate of drug-likeness (QED) is 0.164. The van der Waals surface area contributed by atoms with Crippen LogP contribution in [0.1, 0.15) is 29.9 Å². The Kier molecular flexibility index (Phi) is 8.72. The molecule has 11 nitrogen and oxygen atoms in total. The van der Waals surface area contributed by atoms with Crippen LogP contribution in [0.3, 0.4) is 0 Å². The van der Waals surface area contributed by atoms with Gasteiger partial charge in [0.25, 0.3) is 11.8 Å². The first-order valence-electron chi connectivity index (χ1n) is 13.0. The van der Waals surface area contributed by atoms with Gasteiger partial charge in [-0.1, -0.05) is 65.8 Å². The van der Waals surface area contributed by atoms with Crippen molar-refractivity contribution in [2.75, 3.05) is 19.5 Å². The first kappa shape index (κ1) is 28.7. The van der Waals surface area contributed by atoms with Crippen LogP contribution in [0.25, 0.3) is 0 Å². The van der Waals surface area contributed by atoms with Gasteiger partial charge in [0.05, 0.1) is 6.26 Å². The third kappa shape index (κ3) is 5.93. The number of carbonyl (C=O) groups excluding carboxylic acids is 4. The highest BCUT2D eigenvalue weighted by Gasteiger charge is 2.55. The Balaban J connectivity index is 1.42. The van der Waals surface area contributed by atoms with Crippen molar-refractivity contribution in [3.63, 3.8) is 0 Å². The fourth-order valence-electron chi connectivity index (χ4n) is 4.63. The molecule has 3 heterocycles. The molecule has 1 aromatic heterocycles. The molecule has 0 saturated carbocycles. The molecular formula is C30H27N3O8S. The molecular weight excluding hydrogens is 562 g/mol. The van der Waals surface area contributed by atoms with Crippen LogP contribution in [-0.2, 0) is 33.5 Å². The Bertz CT molecular complexity index is 1480. The molecule has 1 saturated heterocycles. The number of ether oxygens (including phenoxy) is 2. The number of thioether (sulfide) groups is 1. The van der Waals surface area contributed by atoms with Crippen molar-refractivity contribution in [3.8, 4) is 0 Å². The zero-order valence-electron chi connectivity index (χ0n) is 22.7. The third-order valence-corrected chi connectivity index (χ3v) is 7.90. The number of esters is 2. The molecule has 3 aromatic rings. The Labute approximate surface area is 245 Å². The van der Waals surface area contributed by atoms with E-state index >= 15 is 0 Å². The summed E-state index contributed by atoms with van der Waals surface area (Å²) in [5, 5.41) is 5.80. The van der Waals surface area contributed by atoms with E-state index in [9.17, 15) is 19.2 Å². The SMILES string of the molecule is CO/N=C(\C(=O)N[C@@H]1C(=O)N2C(C(=O)OC(c3ccccc3)c3ccccc3)=C(COC(C)=O)CS[C@H]12)c1ccco1. The van der Waals surface area contributed by atoms with E-state index in [1.165, 1.54) is 43.0 Å². The van der Waals surface area contributed by atoms with Crippen molar-refractivity contribution < 1.29 is 37.9 Å². The van der Waals surface area contributed by atoms with Crippen molar-refractivity contribution in [3.05, 3.63) is 107 Å². The van der Waals surface area contributed by atoms with Crippen LogP contribution in [-0.4, -0.2) is 65.2 Å². The molecule has 2 aliphatic heterocycles. The van der Waals surface area contributed by atoms with Crippen LogP contribution >= 0.6 is 11.8 Å². The Hall–Kier alpha value is -4.84. The maximum absolute atomic E-state index is 13.9. The first-order chi connectivity index (χ1) is 20.4. The molecule has 0 unspecified atom stereocenters. The number of β-lactam (4-membered cyclic amide) rings is 1. The smallest absolute Gasteiger partial charge is 0.356 e. The molecule has 2 amide bonds. The van der Waals surface area contributed by atoms with Gasteiger partial charge in [-0.25, -0.2) is 4.79 Å². The van der Waals surface area contributed by atoms with Gasteiger partial charge in [0, 0.05) is 18.2 Å². The van der Waals surface area contributed by atoms with E-state index in [1.807, 2.05) is 60.7 Å². The van der Waals surface area contributed by atoms with E-state index in [0.717, 1.165) is 11.1 Å². The lowest BCUT2D eigenvalue weighted by atomic mass is 10.0. The molecule has 2 aromatic carbocycles. The highest BCUT2D eigenvalue weighted by Crippen LogP contribution is 2.41. The molecule has 12 heteroatoms. The number of hydrogen-bond acceptors (Lipinski definition) is 10. The van der Waals surface area contributed by atoms with E-state index < -0.39 is 41.3 Å². The normalized spacial score (nSPS) is 18.2. The molecule has 42 heavy (non-hydrogen) atoms. The third-order valence-electron chi connectivity index (χ3n) is 6.56. The maximum atomic E-state index is 13.9. The van der Waals surface area contributed by atoms with Gasteiger partial charge in [0.1, 0.15) is 30.8 Å². The first-order valence-corrected chi connectivity index (χ1v) is 14.0. The number of nitrogens with zero attached hydrogens (tertiary/aromatic N) is 2. The van der Waals surface area contributed by atoms with Crippen molar-refractivity contribution in [2.24, 2.45) is 5.16 Å². The predicted octanol–water partition coefficient (Wildman–Crippen LogP) is 3.18. The minimum absolute atomic E-state index is 0.0100. The van der Waals surface area contributed by atoms with E-state index in [1.54, 1.807) is 6.07 Å². The lowest BCUT2D eigenvalue weighted by molar-refractivity contribution is -0.154. The summed E-state index contributed by atoms with van der Waals surface area (Å²) in [5.74, 6) is -2.07. The Morgan fingerprint density at radius 2 is 1.71 bits per heavy atom. The molecule has 0 aliphatic carbocycles. The van der Waals surface area contributed by atoms with Crippen LogP contribution < -0.4 is 5.32 Å². The second-order valence-electron chi connectivity index (χ2n) is 9.30. The van der Waals surface area contributed by atoms with Gasteiger partial charge in [-0.3, -0.25) is 19.3 Å². The average molecular weight is 590 g/mol. The molecule has 0 bridgehead atoms. The molecule has 5 rings (SSSR count). The van der Waals surface area contributed by atoms with Crippen molar-refractivity contribution in [1.82, 2.24) is 10.2 Å². The lowest BCUT2D eigenvalue weighted by Gasteiger charge is -2.49. The molecule has 0 radical (unpaired) electrons. The van der Waals surface area contributed by atoms with E-state index in [2.05, 4.69) is 10.5 Å². The van der Waals surface area contributed by atoms with Gasteiger partial charge in [-0.15, -0.1) is 11.8 Å². The largest absolute Gasteiger partial charge is 0.462 e. The monoisotopic (exact) mass is 589 g/mol. The number of hydrogen-bond donors (Lipinski definition) is 1. The minimum Gasteiger partial charge on any atom is -0.462 e. The number of oxime groups is 1. The molecule has 1 fully saturated rings. The van der Waals surface area contributed by atoms with Gasteiger partial charge < -0.3 is 24.0 Å². The van der Waals surface area contributed by atoms with Crippen LogP contribution in [0.2, 0.25) is 0 Å². The summed E-state index contributed by atoms with van der Waals surface area (Å²) in [5.41, 5.74) is 1.75. The van der Waals surface area contributed by atoms with E-state index in [0.29, 0.717) is 5.57 Å². The molecule has 2 atom stereocenters. The van der Waals surface area contributed by atoms with Crippen molar-refractivity contribution in [1.29, 1.82) is 0 Å². The van der Waals surface area contributed by atoms with Gasteiger partial charge >= 0.3 is 11.9 Å². The second-order valence-corrected chi connectivity index (χ2v) is 10.4. The van der Waals surface area contributed by atoms with Gasteiger partial charge in [0.15, 0.2) is 11.9 Å². The summed E-state index contributed by atoms with van der Waals surface area (Å²) in [6, 6.07) is 20.6. The molecule has 2 aliphatic rings. The minimum atomic E-state index is -0.961. The topological polar surface area (TPSA) is 137 Å². The standard InChI is InChI=1S/C30H27N3O8S/c1-18(34)40-16-21-17-42-29-24(31-27(35)23(32-38-2)22-14-9-15-39-22)28(36)33(29)25(21)30(37)41-26(19-10-5-3-6-11-19)20-12-7-4-8-13-20/h3-15,24,26,29H,16-17H2,1-2H3,(H,31,35)/b32-23-/t24-,29-/m1/s1. The Morgan fingerprint density at radius 1 is 1.05 bits per heavy atom. The summed E-state index contributed by atoms with van der Waals surface area (Å²) in [6.07, 6.45) is 0.621. The summed E-state index contributed by atoms with van der Waals surface area (Å²) in [6.45, 7) is 1.07. The van der Waals surface area contributed by atoms with Crippen LogP contribution in [0.15, 0.2) is 99.9 Å². The summed E-state index contributed by atoms with van der Waals surface area (Å²) in [7, 11) is 1.29. The molecule has 216 valence electrons. The van der Waals surface area contributed by atoms with Gasteiger partial charge in [-0.2, -0.15) is 0 Å². The molecule has 0 spiro atoms. The number of nitrogens with one attached hydrogen (secondary N) is 1. The number of carbonyl (C=O) groups is 4. The number of fused-ring (bicyclic) bond motifs is 1. The fourth-order valence-corrected chi connectivity index (χ4v) is 5.96. The second kappa shape index (κ2) is 12.8. The van der Waals surface area contributed by atoms with Crippen LogP contribution in [0.5, 0.6) is 0 Å². The van der Waals surface area contributed by atoms with Crippen LogP contribution in [0, 0.1) is 0 Å². The predicted molar refractivity (Wildman–Crippen MR) is 152 cm³/mol. The summed E-state index contributed by atoms with van der Waals surface area (Å²) in [4.78, 5) is 58.1. The number of furan rings is 1. The van der Waals surface area contributed by atoms with Gasteiger partial charge in [-0.05, 0) is 23.3 Å². The fraction of sp³-hybridized carbons (Fsp3) is 0.233. The average Bonchev–Trinajstić information content (AvgIpc) is 3.55. The lowest BCUT2D eigenvalue weighted by Crippen LogP contribution is -2.71. The number of rotatable bonds is 10. The molecule has 1 N–H and O–H groups in total. The van der Waals surface area contributed by atoms with E-state index in [-0.39, 0.29) is 29.5 Å². The number of benzene rings is 2. The highest BCUT2D eigenvalue weighted by atomic mass is 32.2. The van der Waals surface area contributed by atoms with Crippen molar-refractivity contribution >= 4 is 41.2 Å². The van der Waals surface area contributed by atoms with Gasteiger partial charge in [0.2, 0.25) is 5.71 Å². The summed E-state index contributed by atoms with van der Waals surface area (Å²) >= 11 is 1.32. The van der Waals surface area contributed by atoms with Crippen LogP contribution in [0.4, 0.5) is 0 Å².